The lowest BCUT2D eigenvalue weighted by Crippen LogP contribution is -2.44. The fourth-order valence-corrected chi connectivity index (χ4v) is 3.26. The highest BCUT2D eigenvalue weighted by Crippen LogP contribution is 2.49. The maximum atomic E-state index is 11.7. The van der Waals surface area contributed by atoms with Crippen LogP contribution in [0, 0.1) is 63.6 Å². The van der Waals surface area contributed by atoms with Crippen molar-refractivity contribution in [3.05, 3.63) is 0 Å². The number of hydrogen-bond donors (Lipinski definition) is 0. The van der Waals surface area contributed by atoms with Crippen LogP contribution in [0.4, 0.5) is 145 Å². The molecule has 0 aliphatic heterocycles. The summed E-state index contributed by atoms with van der Waals surface area (Å²) in [5.74, 6) is -7.07. The van der Waals surface area contributed by atoms with Crippen LogP contribution in [0.15, 0.2) is 0 Å². The van der Waals surface area contributed by atoms with E-state index in [0.717, 1.165) is 65.7 Å². The lowest BCUT2D eigenvalue weighted by molar-refractivity contribution is -0.327. The minimum absolute atomic E-state index is 0.104. The van der Waals surface area contributed by atoms with E-state index in [1.807, 2.05) is 6.92 Å². The predicted molar refractivity (Wildman–Crippen MR) is 329 cm³/mol. The molecular weight excluding hydrogens is 1410 g/mol. The summed E-state index contributed by atoms with van der Waals surface area (Å²) in [7, 11) is 0. The second-order valence-electron chi connectivity index (χ2n) is 26.6. The van der Waals surface area contributed by atoms with Gasteiger partial charge >= 0.3 is 67.9 Å². The molecular formula is C65H121F33. The van der Waals surface area contributed by atoms with Crippen molar-refractivity contribution in [1.29, 1.82) is 0 Å². The number of unbranched alkanes of at least 4 members (excludes halogenated alkanes) is 4. The van der Waals surface area contributed by atoms with Crippen molar-refractivity contribution in [2.24, 2.45) is 63.6 Å². The van der Waals surface area contributed by atoms with E-state index in [1.165, 1.54) is 59.8 Å². The van der Waals surface area contributed by atoms with E-state index < -0.39 is 134 Å². The van der Waals surface area contributed by atoms with Crippen molar-refractivity contribution in [1.82, 2.24) is 0 Å². The highest BCUT2D eigenvalue weighted by Gasteiger charge is 2.64. The Hall–Kier alpha value is -2.31. The zero-order valence-electron chi connectivity index (χ0n) is 63.3. The molecule has 0 N–H and O–H groups in total. The molecule has 0 aromatic heterocycles. The number of halogens is 33. The Bertz CT molecular complexity index is 1640. The molecule has 0 aliphatic carbocycles. The van der Waals surface area contributed by atoms with Crippen molar-refractivity contribution in [2.45, 2.75) is 358 Å². The zero-order chi connectivity index (χ0) is 83.9. The molecule has 3 atom stereocenters. The van der Waals surface area contributed by atoms with Gasteiger partial charge in [0.05, 0.1) is 23.2 Å². The Kier molecular flexibility index (Phi) is 68.5. The first-order valence-corrected chi connectivity index (χ1v) is 32.0. The lowest BCUT2D eigenvalue weighted by atomic mass is 9.92. The maximum absolute atomic E-state index is 11.7. The third-order valence-corrected chi connectivity index (χ3v) is 13.1. The largest absolute Gasteiger partial charge is 0.402 e. The second kappa shape index (κ2) is 56.1. The quantitative estimate of drug-likeness (QED) is 0.120. The average molecular weight is 1530 g/mol. The van der Waals surface area contributed by atoms with Crippen molar-refractivity contribution in [3.8, 4) is 0 Å². The standard InChI is InChI=1S/2C6H8F6.2C6H11F3.2C6H14.C5H6F6.2C5H9F3.2C5H12.C4H7F3/c1-4(6(10,11)12)2-3-5(7,8)9;1-2-3-4(5(7,8)9)6(10,11)12;1-3-4-5(2)6(7,8)9;1-2-3-4-5-6(7,8)9;1-5-6(2,3)4;1-5(2)6(3)4;1-3(2,4(6,7)8)5(9,10)11;1-4(2,3)5(6,7)8;1-3-4(2)5(6,7)8;1-4-5(2)3;1-3-5-4-2;1-3(2)4(5,6)7/h2*4H,2-3H2,1H3;5H,3-4H2,1-2H3;2-5H2,1H3;5H2,1-4H3;5-6H,1-4H3;1-2H3;1-3H3;4H,3H2,1-2H3;5H,4H2,1-3H3;3-5H2,1-2H3;3H,1-2H3/t4-;;5-;;;;;;;;;/m0.0........./s1/i;;;;;;;;;;;3D. The minimum atomic E-state index is -5.24. The van der Waals surface area contributed by atoms with Crippen LogP contribution in [0.1, 0.15) is 291 Å². The third kappa shape index (κ3) is 95.7. The Labute approximate surface area is 566 Å². The van der Waals surface area contributed by atoms with Gasteiger partial charge in [0.15, 0.2) is 11.3 Å². The van der Waals surface area contributed by atoms with E-state index in [9.17, 15) is 145 Å². The van der Waals surface area contributed by atoms with Gasteiger partial charge in [-0.05, 0) is 69.1 Å². The topological polar surface area (TPSA) is 0 Å². The fourth-order valence-electron chi connectivity index (χ4n) is 3.26. The molecule has 0 aromatic carbocycles. The SMILES string of the molecule is CC(C)(C(F)(F)F)C(F)(F)F.CC(C)(C)C(F)(F)F.CC(C)C(C)C.CCC(C)(C)C.CCC(C)C.CCC(C)C(F)(F)F.CCCC(C(F)(F)F)C(F)(F)F.CCCCC.CCCCCC(F)(F)F.CCC[C@H](C)C(F)(F)F.C[C@@H](CCC(F)(F)F)C(F)(F)F.[2H]C(C)(C)C(F)(F)F. The van der Waals surface area contributed by atoms with Gasteiger partial charge in [-0.15, -0.1) is 0 Å². The summed E-state index contributed by atoms with van der Waals surface area (Å²) in [5.41, 5.74) is -4.65. The Morgan fingerprint density at radius 1 is 0.286 bits per heavy atom. The number of hydrogen-bond acceptors (Lipinski definition) is 0. The summed E-state index contributed by atoms with van der Waals surface area (Å²) in [6.45, 7) is 43.8. The number of rotatable bonds is 14. The predicted octanol–water partition coefficient (Wildman–Crippen LogP) is 32.7. The van der Waals surface area contributed by atoms with Crippen molar-refractivity contribution in [3.63, 3.8) is 0 Å². The molecule has 0 bridgehead atoms. The second-order valence-corrected chi connectivity index (χ2v) is 26.6. The van der Waals surface area contributed by atoms with E-state index in [0.29, 0.717) is 18.3 Å². The molecule has 1 unspecified atom stereocenters. The van der Waals surface area contributed by atoms with Gasteiger partial charge in [-0.2, -0.15) is 145 Å². The van der Waals surface area contributed by atoms with Crippen LogP contribution in [0.3, 0.4) is 0 Å². The maximum Gasteiger partial charge on any atom is 0.402 e. The van der Waals surface area contributed by atoms with Crippen LogP contribution in [-0.4, -0.2) is 67.9 Å². The molecule has 98 heavy (non-hydrogen) atoms. The molecule has 0 fully saturated rings. The van der Waals surface area contributed by atoms with E-state index in [1.54, 1.807) is 6.92 Å². The smallest absolute Gasteiger partial charge is 0.171 e. The minimum Gasteiger partial charge on any atom is -0.171 e. The summed E-state index contributed by atoms with van der Waals surface area (Å²) in [6, 6.07) is 0. The molecule has 0 aromatic rings. The molecule has 0 heterocycles. The van der Waals surface area contributed by atoms with Gasteiger partial charge in [-0.1, -0.05) is 231 Å². The average Bonchev–Trinajstić information content (AvgIpc) is 0.799. The van der Waals surface area contributed by atoms with Gasteiger partial charge in [0.1, 0.15) is 0 Å². The Morgan fingerprint density at radius 2 is 0.531 bits per heavy atom. The molecule has 0 rings (SSSR count). The lowest BCUT2D eigenvalue weighted by Gasteiger charge is -2.29. The van der Waals surface area contributed by atoms with Crippen LogP contribution < -0.4 is 0 Å². The summed E-state index contributed by atoms with van der Waals surface area (Å²) in [5, 5.41) is 0. The number of alkyl halides is 33. The van der Waals surface area contributed by atoms with Gasteiger partial charge in [0.25, 0.3) is 0 Å². The molecule has 0 spiro atoms. The Morgan fingerprint density at radius 3 is 0.612 bits per heavy atom. The normalized spacial score (nSPS) is 13.9. The molecule has 33 heteroatoms. The fraction of sp³-hybridized carbons (Fsp3) is 1.00. The van der Waals surface area contributed by atoms with E-state index in [4.69, 9.17) is 1.37 Å². The molecule has 0 saturated carbocycles. The molecule has 0 radical (unpaired) electrons. The first kappa shape index (κ1) is 120. The van der Waals surface area contributed by atoms with Crippen LogP contribution in [0.2, 0.25) is 0 Å². The van der Waals surface area contributed by atoms with Gasteiger partial charge in [0.2, 0.25) is 0 Å². The molecule has 0 amide bonds. The van der Waals surface area contributed by atoms with E-state index in [-0.39, 0.29) is 39.5 Å². The highest BCUT2D eigenvalue weighted by molar-refractivity contribution is 4.84. The summed E-state index contributed by atoms with van der Waals surface area (Å²) >= 11 is 0. The van der Waals surface area contributed by atoms with Gasteiger partial charge < -0.3 is 0 Å². The van der Waals surface area contributed by atoms with Crippen molar-refractivity contribution >= 4 is 0 Å². The van der Waals surface area contributed by atoms with E-state index in [2.05, 4.69) is 90.0 Å². The van der Waals surface area contributed by atoms with Gasteiger partial charge in [-0.3, -0.25) is 0 Å². The molecule has 0 nitrogen and oxygen atoms in total. The molecule has 612 valence electrons. The van der Waals surface area contributed by atoms with Gasteiger partial charge in [-0.25, -0.2) is 0 Å². The highest BCUT2D eigenvalue weighted by atomic mass is 19.5. The van der Waals surface area contributed by atoms with Crippen molar-refractivity contribution in [2.75, 3.05) is 0 Å². The zero-order valence-corrected chi connectivity index (χ0v) is 62.3. The summed E-state index contributed by atoms with van der Waals surface area (Å²) < 4.78 is 388. The van der Waals surface area contributed by atoms with Gasteiger partial charge in [0, 0.05) is 20.1 Å². The van der Waals surface area contributed by atoms with Crippen LogP contribution in [-0.2, 0) is 0 Å². The third-order valence-electron chi connectivity index (χ3n) is 13.1. The summed E-state index contributed by atoms with van der Waals surface area (Å²) in [4.78, 5) is 0. The monoisotopic (exact) mass is 1530 g/mol. The van der Waals surface area contributed by atoms with E-state index >= 15 is 0 Å². The summed E-state index contributed by atoms with van der Waals surface area (Å²) in [6.07, 6.45) is -44.7. The van der Waals surface area contributed by atoms with Crippen LogP contribution >= 0.6 is 0 Å². The first-order valence-electron chi connectivity index (χ1n) is 32.5. The Balaban J connectivity index is -0.0000000842. The van der Waals surface area contributed by atoms with Crippen LogP contribution in [0.5, 0.6) is 0 Å². The van der Waals surface area contributed by atoms with Crippen molar-refractivity contribution < 1.29 is 146 Å². The molecule has 0 aliphatic rings. The van der Waals surface area contributed by atoms with Crippen LogP contribution in [0.25, 0.3) is 0 Å². The molecule has 0 saturated heterocycles. The first-order chi connectivity index (χ1) is 42.7.